The lowest BCUT2D eigenvalue weighted by Gasteiger charge is -2.12. The number of carbonyl (C=O) groups is 1. The fourth-order valence-electron chi connectivity index (χ4n) is 2.43. The second kappa shape index (κ2) is 6.45. The Morgan fingerprint density at radius 1 is 1.08 bits per heavy atom. The zero-order chi connectivity index (χ0) is 17.1. The Kier molecular flexibility index (Phi) is 4.20. The molecule has 120 valence electrons. The highest BCUT2D eigenvalue weighted by Crippen LogP contribution is 2.25. The van der Waals surface area contributed by atoms with E-state index in [0.29, 0.717) is 17.1 Å². The molecule has 0 fully saturated rings. The maximum absolute atomic E-state index is 11.4. The van der Waals surface area contributed by atoms with Gasteiger partial charge in [0.15, 0.2) is 0 Å². The quantitative estimate of drug-likeness (QED) is 0.763. The van der Waals surface area contributed by atoms with Gasteiger partial charge in [0.1, 0.15) is 5.69 Å². The van der Waals surface area contributed by atoms with Gasteiger partial charge in [0.2, 0.25) is 0 Å². The maximum atomic E-state index is 11.4. The number of rotatable bonds is 4. The molecule has 2 heterocycles. The van der Waals surface area contributed by atoms with Gasteiger partial charge in [-0.2, -0.15) is 0 Å². The average Bonchev–Trinajstić information content (AvgIpc) is 2.57. The van der Waals surface area contributed by atoms with Crippen molar-refractivity contribution in [1.82, 2.24) is 15.0 Å². The van der Waals surface area contributed by atoms with Crippen LogP contribution in [0.2, 0.25) is 0 Å². The van der Waals surface area contributed by atoms with E-state index < -0.39 is 5.97 Å². The van der Waals surface area contributed by atoms with Crippen molar-refractivity contribution < 1.29 is 9.90 Å². The number of aryl methyl sites for hydroxylation is 2. The van der Waals surface area contributed by atoms with E-state index in [-0.39, 0.29) is 5.56 Å². The van der Waals surface area contributed by atoms with E-state index >= 15 is 0 Å². The highest BCUT2D eigenvalue weighted by atomic mass is 16.4. The highest BCUT2D eigenvalue weighted by molar-refractivity contribution is 5.95. The Hall–Kier alpha value is -3.28. The molecular weight excluding hydrogens is 304 g/mol. The number of benzene rings is 1. The first-order chi connectivity index (χ1) is 11.5. The zero-order valence-corrected chi connectivity index (χ0v) is 13.3. The number of aromatic carboxylic acids is 1. The summed E-state index contributed by atoms with van der Waals surface area (Å²) in [4.78, 5) is 24.1. The van der Waals surface area contributed by atoms with Crippen LogP contribution < -0.4 is 5.32 Å². The lowest BCUT2D eigenvalue weighted by Crippen LogP contribution is -2.04. The van der Waals surface area contributed by atoms with Gasteiger partial charge >= 0.3 is 5.97 Å². The van der Waals surface area contributed by atoms with Gasteiger partial charge in [-0.3, -0.25) is 15.0 Å². The summed E-state index contributed by atoms with van der Waals surface area (Å²) in [5.41, 5.74) is 4.73. The van der Waals surface area contributed by atoms with E-state index in [1.54, 1.807) is 36.9 Å². The second-order valence-corrected chi connectivity index (χ2v) is 5.46. The molecule has 0 unspecified atom stereocenters. The summed E-state index contributed by atoms with van der Waals surface area (Å²) in [5.74, 6) is -0.970. The number of hydrogen-bond donors (Lipinski definition) is 2. The standard InChI is InChI=1S/C18H16N4O2/c1-11-3-4-15(14(7-11)18(23)24)22-13-8-12(2)17(21-9-13)16-10-19-5-6-20-16/h3-10,22H,1-2H3,(H,23,24). The van der Waals surface area contributed by atoms with Crippen LogP contribution in [0.15, 0.2) is 49.1 Å². The van der Waals surface area contributed by atoms with E-state index in [1.807, 2.05) is 26.0 Å². The van der Waals surface area contributed by atoms with Crippen LogP contribution in [0.5, 0.6) is 0 Å². The van der Waals surface area contributed by atoms with Crippen LogP contribution in [0.4, 0.5) is 11.4 Å². The minimum atomic E-state index is -0.970. The molecule has 2 N–H and O–H groups in total. The van der Waals surface area contributed by atoms with E-state index in [1.165, 1.54) is 0 Å². The third kappa shape index (κ3) is 3.22. The number of pyridine rings is 1. The summed E-state index contributed by atoms with van der Waals surface area (Å²) in [6.45, 7) is 3.78. The Balaban J connectivity index is 1.93. The topological polar surface area (TPSA) is 88.0 Å². The molecule has 0 radical (unpaired) electrons. The van der Waals surface area contributed by atoms with Crippen LogP contribution in [-0.2, 0) is 0 Å². The Morgan fingerprint density at radius 3 is 2.58 bits per heavy atom. The molecule has 0 bridgehead atoms. The van der Waals surface area contributed by atoms with E-state index in [9.17, 15) is 9.90 Å². The second-order valence-electron chi connectivity index (χ2n) is 5.46. The van der Waals surface area contributed by atoms with Gasteiger partial charge in [0, 0.05) is 12.4 Å². The lowest BCUT2D eigenvalue weighted by atomic mass is 10.1. The number of aromatic nitrogens is 3. The lowest BCUT2D eigenvalue weighted by molar-refractivity contribution is 0.0698. The Labute approximate surface area is 139 Å². The van der Waals surface area contributed by atoms with Crippen LogP contribution in [0.3, 0.4) is 0 Å². The summed E-state index contributed by atoms with van der Waals surface area (Å²) < 4.78 is 0. The van der Waals surface area contributed by atoms with Gasteiger partial charge in [0.05, 0.1) is 35.0 Å². The molecule has 3 rings (SSSR count). The minimum absolute atomic E-state index is 0.227. The molecule has 0 saturated heterocycles. The first-order valence-corrected chi connectivity index (χ1v) is 7.38. The number of hydrogen-bond acceptors (Lipinski definition) is 5. The fraction of sp³-hybridized carbons (Fsp3) is 0.111. The molecule has 0 saturated carbocycles. The van der Waals surface area contributed by atoms with Crippen molar-refractivity contribution in [2.45, 2.75) is 13.8 Å². The van der Waals surface area contributed by atoms with Crippen molar-refractivity contribution in [3.63, 3.8) is 0 Å². The van der Waals surface area contributed by atoms with E-state index in [4.69, 9.17) is 0 Å². The Bertz CT molecular complexity index is 895. The van der Waals surface area contributed by atoms with Crippen LogP contribution in [0, 0.1) is 13.8 Å². The van der Waals surface area contributed by atoms with Gasteiger partial charge in [-0.15, -0.1) is 0 Å². The number of carboxylic acids is 1. The van der Waals surface area contributed by atoms with Gasteiger partial charge in [-0.05, 0) is 37.6 Å². The number of anilines is 2. The predicted octanol–water partition coefficient (Wildman–Crippen LogP) is 3.60. The monoisotopic (exact) mass is 320 g/mol. The molecule has 3 aromatic rings. The summed E-state index contributed by atoms with van der Waals surface area (Å²) in [5, 5.41) is 12.5. The van der Waals surface area contributed by atoms with E-state index in [2.05, 4.69) is 20.3 Å². The van der Waals surface area contributed by atoms with Gasteiger partial charge < -0.3 is 10.4 Å². The molecular formula is C18H16N4O2. The van der Waals surface area contributed by atoms with Crippen molar-refractivity contribution in [2.24, 2.45) is 0 Å². The molecule has 0 aliphatic heterocycles. The van der Waals surface area contributed by atoms with E-state index in [0.717, 1.165) is 16.8 Å². The maximum Gasteiger partial charge on any atom is 0.337 e. The molecule has 0 aliphatic carbocycles. The number of nitrogens with zero attached hydrogens (tertiary/aromatic N) is 3. The van der Waals surface area contributed by atoms with Crippen LogP contribution in [0.1, 0.15) is 21.5 Å². The molecule has 6 heteroatoms. The molecule has 0 spiro atoms. The first kappa shape index (κ1) is 15.6. The molecule has 0 amide bonds. The molecule has 24 heavy (non-hydrogen) atoms. The third-order valence-electron chi connectivity index (χ3n) is 3.57. The molecule has 0 atom stereocenters. The SMILES string of the molecule is Cc1ccc(Nc2cnc(-c3cnccn3)c(C)c2)c(C(=O)O)c1. The van der Waals surface area contributed by atoms with Crippen molar-refractivity contribution in [3.8, 4) is 11.4 Å². The van der Waals surface area contributed by atoms with Crippen molar-refractivity contribution in [2.75, 3.05) is 5.32 Å². The normalized spacial score (nSPS) is 10.4. The molecule has 2 aromatic heterocycles. The minimum Gasteiger partial charge on any atom is -0.478 e. The molecule has 0 aliphatic rings. The molecule has 1 aromatic carbocycles. The smallest absolute Gasteiger partial charge is 0.337 e. The van der Waals surface area contributed by atoms with Gasteiger partial charge in [-0.25, -0.2) is 4.79 Å². The van der Waals surface area contributed by atoms with Crippen LogP contribution >= 0.6 is 0 Å². The molecule has 6 nitrogen and oxygen atoms in total. The third-order valence-corrected chi connectivity index (χ3v) is 3.57. The number of carboxylic acid groups (broad SMARTS) is 1. The van der Waals surface area contributed by atoms with Crippen molar-refractivity contribution >= 4 is 17.3 Å². The Morgan fingerprint density at radius 2 is 1.92 bits per heavy atom. The average molecular weight is 320 g/mol. The number of nitrogens with one attached hydrogen (secondary N) is 1. The fourth-order valence-corrected chi connectivity index (χ4v) is 2.43. The zero-order valence-electron chi connectivity index (χ0n) is 13.3. The summed E-state index contributed by atoms with van der Waals surface area (Å²) in [6.07, 6.45) is 6.54. The van der Waals surface area contributed by atoms with Crippen molar-refractivity contribution in [3.05, 3.63) is 65.7 Å². The van der Waals surface area contributed by atoms with Crippen molar-refractivity contribution in [1.29, 1.82) is 0 Å². The highest BCUT2D eigenvalue weighted by Gasteiger charge is 2.12. The van der Waals surface area contributed by atoms with Crippen LogP contribution in [-0.4, -0.2) is 26.0 Å². The largest absolute Gasteiger partial charge is 0.478 e. The summed E-state index contributed by atoms with van der Waals surface area (Å²) >= 11 is 0. The van der Waals surface area contributed by atoms with Gasteiger partial charge in [0.25, 0.3) is 0 Å². The van der Waals surface area contributed by atoms with Gasteiger partial charge in [-0.1, -0.05) is 11.6 Å². The first-order valence-electron chi connectivity index (χ1n) is 7.38. The van der Waals surface area contributed by atoms with Crippen LogP contribution in [0.25, 0.3) is 11.4 Å². The summed E-state index contributed by atoms with van der Waals surface area (Å²) in [6, 6.07) is 7.16. The predicted molar refractivity (Wildman–Crippen MR) is 91.4 cm³/mol. The summed E-state index contributed by atoms with van der Waals surface area (Å²) in [7, 11) is 0.